The van der Waals surface area contributed by atoms with Crippen molar-refractivity contribution in [2.45, 2.75) is 12.8 Å². The van der Waals surface area contributed by atoms with Crippen LogP contribution in [0, 0.1) is 17.8 Å². The molecule has 0 amide bonds. The van der Waals surface area contributed by atoms with Gasteiger partial charge in [0.1, 0.15) is 0 Å². The molecule has 1 fully saturated rings. The van der Waals surface area contributed by atoms with Gasteiger partial charge in [-0.1, -0.05) is 18.2 Å². The summed E-state index contributed by atoms with van der Waals surface area (Å²) in [5, 5.41) is 8.44. The highest BCUT2D eigenvalue weighted by molar-refractivity contribution is 5.79. The topological polar surface area (TPSA) is 37.3 Å². The van der Waals surface area contributed by atoms with Gasteiger partial charge in [0.25, 0.3) is 0 Å². The summed E-state index contributed by atoms with van der Waals surface area (Å²) in [6.45, 7) is 0. The molecule has 2 nitrogen and oxygen atoms in total. The molecule has 12 heavy (non-hydrogen) atoms. The second-order valence-corrected chi connectivity index (χ2v) is 3.64. The van der Waals surface area contributed by atoms with E-state index in [9.17, 15) is 4.79 Å². The summed E-state index contributed by atoms with van der Waals surface area (Å²) in [5.74, 6) is 0.988. The first-order valence-corrected chi connectivity index (χ1v) is 4.35. The van der Waals surface area contributed by atoms with Crippen LogP contribution in [0.3, 0.4) is 0 Å². The van der Waals surface area contributed by atoms with Crippen LogP contribution in [-0.4, -0.2) is 11.1 Å². The summed E-state index contributed by atoms with van der Waals surface area (Å²) < 4.78 is 0. The predicted molar refractivity (Wildman–Crippen MR) is 45.6 cm³/mol. The number of aliphatic carboxylic acids is 1. The van der Waals surface area contributed by atoms with E-state index in [0.29, 0.717) is 11.8 Å². The van der Waals surface area contributed by atoms with Crippen LogP contribution in [0.1, 0.15) is 12.8 Å². The van der Waals surface area contributed by atoms with Crippen LogP contribution in [0.4, 0.5) is 0 Å². The first-order chi connectivity index (χ1) is 5.75. The van der Waals surface area contributed by atoms with Gasteiger partial charge in [0, 0.05) is 6.08 Å². The van der Waals surface area contributed by atoms with Crippen molar-refractivity contribution in [2.75, 3.05) is 0 Å². The molecule has 1 saturated carbocycles. The van der Waals surface area contributed by atoms with Crippen LogP contribution in [0.15, 0.2) is 24.3 Å². The van der Waals surface area contributed by atoms with E-state index >= 15 is 0 Å². The van der Waals surface area contributed by atoms with E-state index in [0.717, 1.165) is 12.3 Å². The summed E-state index contributed by atoms with van der Waals surface area (Å²) in [7, 11) is 0. The minimum atomic E-state index is -0.832. The first-order valence-electron chi connectivity index (χ1n) is 4.35. The molecule has 2 aliphatic rings. The highest BCUT2D eigenvalue weighted by Gasteiger charge is 2.33. The maximum absolute atomic E-state index is 10.3. The van der Waals surface area contributed by atoms with Crippen molar-refractivity contribution in [3.8, 4) is 0 Å². The highest BCUT2D eigenvalue weighted by atomic mass is 16.4. The molecule has 3 atom stereocenters. The third kappa shape index (κ3) is 1.29. The average molecular weight is 164 g/mol. The summed E-state index contributed by atoms with van der Waals surface area (Å²) in [5.41, 5.74) is 0. The maximum atomic E-state index is 10.3. The van der Waals surface area contributed by atoms with Gasteiger partial charge in [0.2, 0.25) is 0 Å². The van der Waals surface area contributed by atoms with Crippen molar-refractivity contribution < 1.29 is 9.90 Å². The quantitative estimate of drug-likeness (QED) is 0.499. The SMILES string of the molecule is O=C(O)/C=C/[C@H]1C[C@H]2C=C[C@@H]1C2. The van der Waals surface area contributed by atoms with Gasteiger partial charge < -0.3 is 5.11 Å². The van der Waals surface area contributed by atoms with Gasteiger partial charge in [0.05, 0.1) is 0 Å². The molecule has 2 bridgehead atoms. The number of carboxylic acids is 1. The average Bonchev–Trinajstić information content (AvgIpc) is 2.60. The van der Waals surface area contributed by atoms with E-state index in [1.54, 1.807) is 0 Å². The van der Waals surface area contributed by atoms with Gasteiger partial charge in [0.15, 0.2) is 0 Å². The van der Waals surface area contributed by atoms with Gasteiger partial charge in [-0.15, -0.1) is 0 Å². The zero-order valence-corrected chi connectivity index (χ0v) is 6.81. The van der Waals surface area contributed by atoms with Gasteiger partial charge in [-0.05, 0) is 30.6 Å². The van der Waals surface area contributed by atoms with E-state index < -0.39 is 5.97 Å². The number of allylic oxidation sites excluding steroid dienone is 3. The van der Waals surface area contributed by atoms with E-state index in [4.69, 9.17) is 5.11 Å². The van der Waals surface area contributed by atoms with Gasteiger partial charge in [-0.3, -0.25) is 0 Å². The van der Waals surface area contributed by atoms with Crippen LogP contribution in [0.25, 0.3) is 0 Å². The van der Waals surface area contributed by atoms with Gasteiger partial charge >= 0.3 is 5.97 Å². The zero-order valence-electron chi connectivity index (χ0n) is 6.81. The third-order valence-corrected chi connectivity index (χ3v) is 2.82. The molecule has 2 heteroatoms. The van der Waals surface area contributed by atoms with Crippen LogP contribution >= 0.6 is 0 Å². The lowest BCUT2D eigenvalue weighted by Gasteiger charge is -2.12. The van der Waals surface area contributed by atoms with Crippen LogP contribution in [-0.2, 0) is 4.79 Å². The minimum absolute atomic E-state index is 0.482. The number of hydrogen-bond donors (Lipinski definition) is 1. The van der Waals surface area contributed by atoms with Crippen molar-refractivity contribution in [3.63, 3.8) is 0 Å². The largest absolute Gasteiger partial charge is 0.478 e. The second-order valence-electron chi connectivity index (χ2n) is 3.64. The molecule has 0 heterocycles. The van der Waals surface area contributed by atoms with Crippen LogP contribution in [0.5, 0.6) is 0 Å². The maximum Gasteiger partial charge on any atom is 0.327 e. The zero-order chi connectivity index (χ0) is 8.55. The molecule has 0 spiro atoms. The summed E-state index contributed by atoms with van der Waals surface area (Å²) in [6.07, 6.45) is 9.98. The Morgan fingerprint density at radius 3 is 2.75 bits per heavy atom. The monoisotopic (exact) mass is 164 g/mol. The lowest BCUT2D eigenvalue weighted by Crippen LogP contribution is -2.03. The summed E-state index contributed by atoms with van der Waals surface area (Å²) >= 11 is 0. The Kier molecular flexibility index (Phi) is 1.75. The van der Waals surface area contributed by atoms with Crippen molar-refractivity contribution >= 4 is 5.97 Å². The minimum Gasteiger partial charge on any atom is -0.478 e. The van der Waals surface area contributed by atoms with Crippen molar-refractivity contribution in [3.05, 3.63) is 24.3 Å². The molecule has 0 saturated heterocycles. The van der Waals surface area contributed by atoms with E-state index in [-0.39, 0.29) is 0 Å². The number of rotatable bonds is 2. The molecule has 0 aromatic heterocycles. The molecule has 0 aromatic carbocycles. The van der Waals surface area contributed by atoms with Crippen molar-refractivity contribution in [2.24, 2.45) is 17.8 Å². The van der Waals surface area contributed by atoms with Crippen LogP contribution < -0.4 is 0 Å². The fraction of sp³-hybridized carbons (Fsp3) is 0.500. The summed E-state index contributed by atoms with van der Waals surface area (Å²) in [6, 6.07) is 0. The first kappa shape index (κ1) is 7.59. The predicted octanol–water partition coefficient (Wildman–Crippen LogP) is 1.84. The number of carboxylic acid groups (broad SMARTS) is 1. The Bertz CT molecular complexity index is 253. The second kappa shape index (κ2) is 2.77. The number of fused-ring (bicyclic) bond motifs is 2. The van der Waals surface area contributed by atoms with Crippen LogP contribution in [0.2, 0.25) is 0 Å². The molecule has 64 valence electrons. The molecule has 0 aliphatic heterocycles. The lowest BCUT2D eigenvalue weighted by atomic mass is 9.93. The Balaban J connectivity index is 1.99. The Labute approximate surface area is 71.6 Å². The summed E-state index contributed by atoms with van der Waals surface area (Å²) in [4.78, 5) is 10.3. The normalized spacial score (nSPS) is 38.2. The molecule has 0 aromatic rings. The van der Waals surface area contributed by atoms with Crippen molar-refractivity contribution in [1.29, 1.82) is 0 Å². The lowest BCUT2D eigenvalue weighted by molar-refractivity contribution is -0.131. The fourth-order valence-electron chi connectivity index (χ4n) is 2.25. The molecule has 0 unspecified atom stereocenters. The highest BCUT2D eigenvalue weighted by Crippen LogP contribution is 2.43. The number of hydrogen-bond acceptors (Lipinski definition) is 1. The molecule has 2 aliphatic carbocycles. The molecule has 0 radical (unpaired) electrons. The molecular formula is C10H12O2. The standard InChI is InChI=1S/C10H12O2/c11-10(12)4-3-9-6-7-1-2-8(9)5-7/h1-4,7-9H,5-6H2,(H,11,12)/b4-3+/t7-,8+,9-/m0/s1. The number of carbonyl (C=O) groups is 1. The fourth-order valence-corrected chi connectivity index (χ4v) is 2.25. The Hall–Kier alpha value is -1.05. The third-order valence-electron chi connectivity index (χ3n) is 2.82. The van der Waals surface area contributed by atoms with Crippen molar-refractivity contribution in [1.82, 2.24) is 0 Å². The Morgan fingerprint density at radius 2 is 2.25 bits per heavy atom. The van der Waals surface area contributed by atoms with E-state index in [1.165, 1.54) is 12.5 Å². The smallest absolute Gasteiger partial charge is 0.327 e. The molecular weight excluding hydrogens is 152 g/mol. The van der Waals surface area contributed by atoms with Gasteiger partial charge in [-0.25, -0.2) is 4.79 Å². The molecule has 2 rings (SSSR count). The van der Waals surface area contributed by atoms with E-state index in [1.807, 2.05) is 6.08 Å². The molecule has 1 N–H and O–H groups in total. The van der Waals surface area contributed by atoms with E-state index in [2.05, 4.69) is 12.2 Å². The van der Waals surface area contributed by atoms with Gasteiger partial charge in [-0.2, -0.15) is 0 Å². The Morgan fingerprint density at radius 1 is 1.42 bits per heavy atom.